The molecule has 1 amide bonds. The minimum atomic E-state index is -1.13. The first-order valence-electron chi connectivity index (χ1n) is 7.56. The molecule has 128 valence electrons. The summed E-state index contributed by atoms with van der Waals surface area (Å²) in [6.45, 7) is 0.204. The number of amides is 1. The van der Waals surface area contributed by atoms with Gasteiger partial charge in [0.25, 0.3) is 5.56 Å². The SMILES string of the molecule is O=C(O)N1CC[C@@H](c2cc(=O)[nH]o2)C[C@H]1Cc1c(F)cccc1F. The predicted molar refractivity (Wildman–Crippen MR) is 79.9 cm³/mol. The first-order chi connectivity index (χ1) is 11.5. The van der Waals surface area contributed by atoms with Crippen molar-refractivity contribution in [3.05, 3.63) is 57.6 Å². The summed E-state index contributed by atoms with van der Waals surface area (Å²) in [6.07, 6.45) is -0.411. The maximum atomic E-state index is 13.9. The highest BCUT2D eigenvalue weighted by Crippen LogP contribution is 2.33. The third kappa shape index (κ3) is 3.17. The Balaban J connectivity index is 1.85. The molecule has 1 aliphatic rings. The Morgan fingerprint density at radius 1 is 1.38 bits per heavy atom. The Kier molecular flexibility index (Phi) is 4.37. The van der Waals surface area contributed by atoms with Crippen LogP contribution in [0.1, 0.15) is 30.1 Å². The highest BCUT2D eigenvalue weighted by Gasteiger charge is 2.34. The van der Waals surface area contributed by atoms with Crippen molar-refractivity contribution in [2.75, 3.05) is 6.54 Å². The van der Waals surface area contributed by atoms with Gasteiger partial charge in [-0.1, -0.05) is 6.07 Å². The van der Waals surface area contributed by atoms with Crippen LogP contribution in [0.2, 0.25) is 0 Å². The van der Waals surface area contributed by atoms with Crippen molar-refractivity contribution in [3.8, 4) is 0 Å². The van der Waals surface area contributed by atoms with E-state index in [0.717, 1.165) is 12.1 Å². The second-order valence-electron chi connectivity index (χ2n) is 5.87. The zero-order valence-corrected chi connectivity index (χ0v) is 12.7. The topological polar surface area (TPSA) is 86.5 Å². The second-order valence-corrected chi connectivity index (χ2v) is 5.87. The monoisotopic (exact) mass is 338 g/mol. The number of nitrogens with one attached hydrogen (secondary N) is 1. The predicted octanol–water partition coefficient (Wildman–Crippen LogP) is 2.71. The summed E-state index contributed by atoms with van der Waals surface area (Å²) >= 11 is 0. The highest BCUT2D eigenvalue weighted by molar-refractivity contribution is 5.65. The van der Waals surface area contributed by atoms with Crippen LogP contribution in [0.4, 0.5) is 13.6 Å². The Labute approximate surface area is 135 Å². The molecule has 2 heterocycles. The number of aromatic nitrogens is 1. The summed E-state index contributed by atoms with van der Waals surface area (Å²) in [6, 6.07) is 4.28. The number of benzene rings is 1. The molecule has 1 aromatic carbocycles. The summed E-state index contributed by atoms with van der Waals surface area (Å²) in [5.41, 5.74) is -0.507. The molecule has 2 atom stereocenters. The molecule has 0 unspecified atom stereocenters. The molecule has 1 fully saturated rings. The fraction of sp³-hybridized carbons (Fsp3) is 0.375. The van der Waals surface area contributed by atoms with Crippen LogP contribution >= 0.6 is 0 Å². The van der Waals surface area contributed by atoms with Crippen molar-refractivity contribution < 1.29 is 23.2 Å². The molecule has 1 aromatic heterocycles. The first-order valence-corrected chi connectivity index (χ1v) is 7.56. The number of hydrogen-bond donors (Lipinski definition) is 2. The number of hydrogen-bond acceptors (Lipinski definition) is 3. The van der Waals surface area contributed by atoms with E-state index in [0.29, 0.717) is 18.6 Å². The third-order valence-electron chi connectivity index (χ3n) is 4.41. The minimum Gasteiger partial charge on any atom is -0.465 e. The molecule has 8 heteroatoms. The zero-order valence-electron chi connectivity index (χ0n) is 12.7. The molecular weight excluding hydrogens is 322 g/mol. The average Bonchev–Trinajstić information content (AvgIpc) is 2.97. The van der Waals surface area contributed by atoms with E-state index in [1.165, 1.54) is 17.0 Å². The van der Waals surface area contributed by atoms with Crippen LogP contribution in [0.15, 0.2) is 33.6 Å². The second kappa shape index (κ2) is 6.46. The van der Waals surface area contributed by atoms with Crippen molar-refractivity contribution in [2.45, 2.75) is 31.2 Å². The quantitative estimate of drug-likeness (QED) is 0.901. The molecule has 1 aliphatic heterocycles. The normalized spacial score (nSPS) is 21.0. The van der Waals surface area contributed by atoms with Crippen molar-refractivity contribution in [1.29, 1.82) is 0 Å². The summed E-state index contributed by atoms with van der Waals surface area (Å²) in [5.74, 6) is -1.14. The molecule has 6 nitrogen and oxygen atoms in total. The summed E-state index contributed by atoms with van der Waals surface area (Å²) < 4.78 is 32.9. The summed E-state index contributed by atoms with van der Waals surface area (Å²) in [7, 11) is 0. The van der Waals surface area contributed by atoms with Crippen molar-refractivity contribution in [1.82, 2.24) is 10.1 Å². The number of piperidine rings is 1. The average molecular weight is 338 g/mol. The molecule has 0 saturated carbocycles. The van der Waals surface area contributed by atoms with E-state index in [9.17, 15) is 23.5 Å². The Morgan fingerprint density at radius 2 is 2.08 bits per heavy atom. The lowest BCUT2D eigenvalue weighted by Gasteiger charge is -2.37. The third-order valence-corrected chi connectivity index (χ3v) is 4.41. The van der Waals surface area contributed by atoms with Gasteiger partial charge in [-0.3, -0.25) is 4.79 Å². The van der Waals surface area contributed by atoms with Crippen LogP contribution in [0, 0.1) is 11.6 Å². The van der Waals surface area contributed by atoms with Gasteiger partial charge in [0.05, 0.1) is 0 Å². The summed E-state index contributed by atoms with van der Waals surface area (Å²) in [4.78, 5) is 23.8. The van der Waals surface area contributed by atoms with Crippen molar-refractivity contribution >= 4 is 6.09 Å². The highest BCUT2D eigenvalue weighted by atomic mass is 19.1. The van der Waals surface area contributed by atoms with E-state index < -0.39 is 23.8 Å². The number of H-pyrrole nitrogens is 1. The van der Waals surface area contributed by atoms with Crippen molar-refractivity contribution in [3.63, 3.8) is 0 Å². The number of carboxylic acid groups (broad SMARTS) is 1. The van der Waals surface area contributed by atoms with Gasteiger partial charge in [-0.2, -0.15) is 5.16 Å². The fourth-order valence-corrected chi connectivity index (χ4v) is 3.22. The molecule has 0 spiro atoms. The van der Waals surface area contributed by atoms with Gasteiger partial charge in [-0.15, -0.1) is 0 Å². The van der Waals surface area contributed by atoms with Gasteiger partial charge < -0.3 is 14.5 Å². The van der Waals surface area contributed by atoms with E-state index in [-0.39, 0.29) is 30.0 Å². The van der Waals surface area contributed by atoms with Crippen LogP contribution in [-0.4, -0.2) is 33.8 Å². The molecule has 0 bridgehead atoms. The van der Waals surface area contributed by atoms with Gasteiger partial charge in [0.2, 0.25) is 0 Å². The van der Waals surface area contributed by atoms with Crippen LogP contribution in [0.5, 0.6) is 0 Å². The van der Waals surface area contributed by atoms with Crippen molar-refractivity contribution in [2.24, 2.45) is 0 Å². The molecule has 0 aliphatic carbocycles. The number of aromatic amines is 1. The van der Waals surface area contributed by atoms with E-state index in [4.69, 9.17) is 4.52 Å². The largest absolute Gasteiger partial charge is 0.465 e. The zero-order chi connectivity index (χ0) is 17.3. The van der Waals surface area contributed by atoms with E-state index >= 15 is 0 Å². The van der Waals surface area contributed by atoms with Crippen LogP contribution < -0.4 is 5.56 Å². The van der Waals surface area contributed by atoms with Gasteiger partial charge in [0, 0.05) is 30.1 Å². The van der Waals surface area contributed by atoms with E-state index in [2.05, 4.69) is 5.16 Å². The first kappa shape index (κ1) is 16.2. The minimum absolute atomic E-state index is 0.0735. The van der Waals surface area contributed by atoms with Crippen LogP contribution in [0.3, 0.4) is 0 Å². The molecule has 24 heavy (non-hydrogen) atoms. The lowest BCUT2D eigenvalue weighted by molar-refractivity contribution is 0.0961. The van der Waals surface area contributed by atoms with E-state index in [1.54, 1.807) is 0 Å². The molecule has 2 N–H and O–H groups in total. The van der Waals surface area contributed by atoms with Gasteiger partial charge >= 0.3 is 6.09 Å². The fourth-order valence-electron chi connectivity index (χ4n) is 3.22. The standard InChI is InChI=1S/C16H16F2N2O4/c17-12-2-1-3-13(18)11(12)7-10-6-9(4-5-20(10)16(22)23)14-8-15(21)19-24-14/h1-3,8-10H,4-7H2,(H,19,21)(H,22,23)/t9-,10+/m1/s1. The Bertz CT molecular complexity index is 781. The Hall–Kier alpha value is -2.64. The smallest absolute Gasteiger partial charge is 0.407 e. The maximum absolute atomic E-state index is 13.9. The van der Waals surface area contributed by atoms with Gasteiger partial charge in [-0.05, 0) is 31.4 Å². The summed E-state index contributed by atoms with van der Waals surface area (Å²) in [5, 5.41) is 11.5. The lowest BCUT2D eigenvalue weighted by atomic mass is 9.86. The van der Waals surface area contributed by atoms with Crippen LogP contribution in [0.25, 0.3) is 0 Å². The van der Waals surface area contributed by atoms with Gasteiger partial charge in [-0.25, -0.2) is 13.6 Å². The Morgan fingerprint density at radius 3 is 2.67 bits per heavy atom. The number of nitrogens with zero attached hydrogens (tertiary/aromatic N) is 1. The molecule has 3 rings (SSSR count). The molecule has 0 radical (unpaired) electrons. The molecule has 1 saturated heterocycles. The molecular formula is C16H16F2N2O4. The van der Waals surface area contributed by atoms with Gasteiger partial charge in [0.1, 0.15) is 17.4 Å². The lowest BCUT2D eigenvalue weighted by Crippen LogP contribution is -2.46. The number of halogens is 2. The van der Waals surface area contributed by atoms with Crippen LogP contribution in [-0.2, 0) is 6.42 Å². The number of likely N-dealkylation sites (tertiary alicyclic amines) is 1. The maximum Gasteiger partial charge on any atom is 0.407 e. The number of rotatable bonds is 3. The molecule has 2 aromatic rings. The number of carbonyl (C=O) groups is 1. The van der Waals surface area contributed by atoms with Gasteiger partial charge in [0.15, 0.2) is 0 Å². The van der Waals surface area contributed by atoms with E-state index in [1.807, 2.05) is 0 Å².